The molecule has 0 radical (unpaired) electrons. The third kappa shape index (κ3) is 8.90. The average molecular weight is 556 g/mol. The van der Waals surface area contributed by atoms with Gasteiger partial charge >= 0.3 is 0 Å². The third-order valence-corrected chi connectivity index (χ3v) is 6.54. The number of rotatable bonds is 15. The number of carbonyl (C=O) groups excluding carboxylic acids is 4. The van der Waals surface area contributed by atoms with E-state index in [1.165, 1.54) is 17.5 Å². The van der Waals surface area contributed by atoms with Gasteiger partial charge in [-0.1, -0.05) is 18.2 Å². The molecule has 0 aliphatic heterocycles. The van der Waals surface area contributed by atoms with Gasteiger partial charge in [-0.2, -0.15) is 0 Å². The summed E-state index contributed by atoms with van der Waals surface area (Å²) in [5, 5.41) is 13.6. The molecule has 0 aliphatic carbocycles. The summed E-state index contributed by atoms with van der Waals surface area (Å²) in [5.41, 5.74) is 12.4. The molecule has 9 N–H and O–H groups in total. The van der Waals surface area contributed by atoms with Gasteiger partial charge in [-0.15, -0.1) is 11.3 Å². The lowest BCUT2D eigenvalue weighted by Gasteiger charge is -2.20. The number of guanidine groups is 1. The van der Waals surface area contributed by atoms with E-state index in [9.17, 15) is 19.2 Å². The first-order valence-electron chi connectivity index (χ1n) is 12.3. The Morgan fingerprint density at radius 1 is 1.08 bits per heavy atom. The number of amides is 3. The molecule has 14 heteroatoms. The van der Waals surface area contributed by atoms with Gasteiger partial charge in [0.2, 0.25) is 23.5 Å². The van der Waals surface area contributed by atoms with Crippen LogP contribution in [0.5, 0.6) is 0 Å². The molecule has 2 heterocycles. The number of thiazole rings is 1. The number of H-pyrrole nitrogens is 1. The molecule has 3 aromatic rings. The summed E-state index contributed by atoms with van der Waals surface area (Å²) in [6.07, 6.45) is 4.23. The van der Waals surface area contributed by atoms with E-state index in [4.69, 9.17) is 11.5 Å². The molecule has 2 unspecified atom stereocenters. The van der Waals surface area contributed by atoms with Crippen molar-refractivity contribution in [3.63, 3.8) is 0 Å². The van der Waals surface area contributed by atoms with E-state index in [0.717, 1.165) is 16.5 Å². The molecule has 3 rings (SSSR count). The van der Waals surface area contributed by atoms with Crippen LogP contribution in [-0.4, -0.2) is 78.2 Å². The minimum Gasteiger partial charge on any atom is -0.370 e. The number of hydrogen-bond acceptors (Lipinski definition) is 8. The van der Waals surface area contributed by atoms with Crippen molar-refractivity contribution in [3.8, 4) is 0 Å². The van der Waals surface area contributed by atoms with Crippen LogP contribution < -0.4 is 32.7 Å². The summed E-state index contributed by atoms with van der Waals surface area (Å²) in [4.78, 5) is 62.1. The standard InChI is InChI=1S/C25H33N9O4S/c1-28-13-20(35)34-19(11-15-12-31-17-6-3-2-5-16(15)17)23(38)32-14-21(36)33-18(7-4-8-30-25(26)27)22(37)24-29-9-10-39-24/h2-3,5-6,9-10,12,18-19,28,31H,4,7-8,11,13-14H2,1H3,(H,32,38)(H,33,36)(H,34,35)(H4,26,27,30). The number of nitrogens with zero attached hydrogens (tertiary/aromatic N) is 2. The summed E-state index contributed by atoms with van der Waals surface area (Å²) >= 11 is 1.17. The fourth-order valence-corrected chi connectivity index (χ4v) is 4.57. The molecule has 2 aromatic heterocycles. The van der Waals surface area contributed by atoms with Gasteiger partial charge in [0.05, 0.1) is 19.1 Å². The van der Waals surface area contributed by atoms with Crippen LogP contribution in [0.15, 0.2) is 47.0 Å². The lowest BCUT2D eigenvalue weighted by atomic mass is 10.0. The van der Waals surface area contributed by atoms with Crippen LogP contribution >= 0.6 is 11.3 Å². The normalized spacial score (nSPS) is 12.3. The minimum absolute atomic E-state index is 0.0263. The first-order chi connectivity index (χ1) is 18.8. The number of fused-ring (bicyclic) bond motifs is 1. The van der Waals surface area contributed by atoms with Gasteiger partial charge in [-0.25, -0.2) is 4.98 Å². The second kappa shape index (κ2) is 14.6. The van der Waals surface area contributed by atoms with Crippen molar-refractivity contribution < 1.29 is 19.2 Å². The van der Waals surface area contributed by atoms with Crippen molar-refractivity contribution in [1.29, 1.82) is 0 Å². The summed E-state index contributed by atoms with van der Waals surface area (Å²) < 4.78 is 0. The van der Waals surface area contributed by atoms with Gasteiger partial charge in [-0.3, -0.25) is 24.2 Å². The van der Waals surface area contributed by atoms with Crippen LogP contribution in [0.25, 0.3) is 10.9 Å². The minimum atomic E-state index is -0.926. The van der Waals surface area contributed by atoms with Gasteiger partial charge in [0.25, 0.3) is 0 Å². The number of benzene rings is 1. The molecule has 0 spiro atoms. The predicted molar refractivity (Wildman–Crippen MR) is 149 cm³/mol. The average Bonchev–Trinajstić information content (AvgIpc) is 3.59. The zero-order valence-electron chi connectivity index (χ0n) is 21.5. The van der Waals surface area contributed by atoms with Gasteiger partial charge in [0, 0.05) is 41.6 Å². The van der Waals surface area contributed by atoms with E-state index in [1.54, 1.807) is 18.6 Å². The van der Waals surface area contributed by atoms with Gasteiger partial charge in [0.15, 0.2) is 11.0 Å². The van der Waals surface area contributed by atoms with Crippen molar-refractivity contribution in [2.24, 2.45) is 16.5 Å². The van der Waals surface area contributed by atoms with E-state index < -0.39 is 23.9 Å². The number of Topliss-reactive ketones (excluding diaryl/α,β-unsaturated/α-hetero) is 1. The fourth-order valence-electron chi connectivity index (χ4n) is 3.94. The predicted octanol–water partition coefficient (Wildman–Crippen LogP) is -0.591. The SMILES string of the molecule is CNCC(=O)NC(Cc1c[nH]c2ccccc12)C(=O)NCC(=O)NC(CCCN=C(N)N)C(=O)c1nccs1. The summed E-state index contributed by atoms with van der Waals surface area (Å²) in [6.45, 7) is -0.0718. The second-order valence-corrected chi connectivity index (χ2v) is 9.60. The Labute approximate surface area is 229 Å². The zero-order valence-corrected chi connectivity index (χ0v) is 22.3. The van der Waals surface area contributed by atoms with Crippen molar-refractivity contribution in [3.05, 3.63) is 52.6 Å². The molecule has 13 nitrogen and oxygen atoms in total. The number of aromatic nitrogens is 2. The molecule has 39 heavy (non-hydrogen) atoms. The van der Waals surface area contributed by atoms with Crippen LogP contribution in [0, 0.1) is 0 Å². The monoisotopic (exact) mass is 555 g/mol. The number of aliphatic imine (C=N–C) groups is 1. The molecule has 3 amide bonds. The van der Waals surface area contributed by atoms with E-state index in [0.29, 0.717) is 13.0 Å². The van der Waals surface area contributed by atoms with Crippen LogP contribution in [0.4, 0.5) is 0 Å². The first kappa shape index (κ1) is 29.3. The van der Waals surface area contributed by atoms with Gasteiger partial charge in [-0.05, 0) is 31.5 Å². The van der Waals surface area contributed by atoms with Crippen LogP contribution in [0.3, 0.4) is 0 Å². The summed E-state index contributed by atoms with van der Waals surface area (Å²) in [6, 6.07) is 5.83. The largest absolute Gasteiger partial charge is 0.370 e. The molecule has 1 aromatic carbocycles. The number of carbonyl (C=O) groups is 4. The van der Waals surface area contributed by atoms with Crippen LogP contribution in [-0.2, 0) is 20.8 Å². The van der Waals surface area contributed by atoms with E-state index in [-0.39, 0.29) is 48.6 Å². The number of likely N-dealkylation sites (N-methyl/N-ethyl adjacent to an activating group) is 1. The Bertz CT molecular complexity index is 1300. The fraction of sp³-hybridized carbons (Fsp3) is 0.360. The highest BCUT2D eigenvalue weighted by Crippen LogP contribution is 2.19. The molecule has 0 saturated heterocycles. The van der Waals surface area contributed by atoms with E-state index in [2.05, 4.69) is 36.2 Å². The second-order valence-electron chi connectivity index (χ2n) is 8.70. The van der Waals surface area contributed by atoms with Gasteiger partial charge in [0.1, 0.15) is 6.04 Å². The van der Waals surface area contributed by atoms with Crippen molar-refractivity contribution in [1.82, 2.24) is 31.2 Å². The van der Waals surface area contributed by atoms with Crippen molar-refractivity contribution in [2.45, 2.75) is 31.3 Å². The van der Waals surface area contributed by atoms with Crippen LogP contribution in [0.2, 0.25) is 0 Å². The Balaban J connectivity index is 1.64. The Morgan fingerprint density at radius 3 is 2.54 bits per heavy atom. The lowest BCUT2D eigenvalue weighted by Crippen LogP contribution is -2.52. The van der Waals surface area contributed by atoms with E-state index in [1.807, 2.05) is 24.3 Å². The number of para-hydroxylation sites is 1. The molecule has 208 valence electrons. The molecular formula is C25H33N9O4S. The number of nitrogens with two attached hydrogens (primary N) is 2. The highest BCUT2D eigenvalue weighted by molar-refractivity contribution is 7.11. The van der Waals surface area contributed by atoms with Crippen LogP contribution in [0.1, 0.15) is 28.2 Å². The first-order valence-corrected chi connectivity index (χ1v) is 13.2. The Hall–Kier alpha value is -4.30. The number of ketones is 1. The molecule has 0 fully saturated rings. The highest BCUT2D eigenvalue weighted by atomic mass is 32.1. The maximum absolute atomic E-state index is 13.1. The zero-order chi connectivity index (χ0) is 28.2. The quantitative estimate of drug-likeness (QED) is 0.0556. The Morgan fingerprint density at radius 2 is 1.82 bits per heavy atom. The maximum Gasteiger partial charge on any atom is 0.243 e. The van der Waals surface area contributed by atoms with Crippen molar-refractivity contribution >= 4 is 51.7 Å². The smallest absolute Gasteiger partial charge is 0.243 e. The topological polar surface area (TPSA) is 209 Å². The summed E-state index contributed by atoms with van der Waals surface area (Å²) in [5.74, 6) is -1.86. The lowest BCUT2D eigenvalue weighted by molar-refractivity contribution is -0.130. The van der Waals surface area contributed by atoms with Crippen molar-refractivity contribution in [2.75, 3.05) is 26.7 Å². The molecule has 0 saturated carbocycles. The highest BCUT2D eigenvalue weighted by Gasteiger charge is 2.26. The maximum atomic E-state index is 13.1. The van der Waals surface area contributed by atoms with Gasteiger partial charge < -0.3 is 37.7 Å². The molecule has 0 bridgehead atoms. The van der Waals surface area contributed by atoms with E-state index >= 15 is 0 Å². The Kier molecular flexibility index (Phi) is 10.9. The number of nitrogens with one attached hydrogen (secondary N) is 5. The third-order valence-electron chi connectivity index (χ3n) is 5.75. The molecule has 0 aliphatic rings. The number of aromatic amines is 1. The molecule has 2 atom stereocenters. The summed E-state index contributed by atoms with van der Waals surface area (Å²) in [7, 11) is 1.62. The molecular weight excluding hydrogens is 522 g/mol. The number of hydrogen-bond donors (Lipinski definition) is 7.